The molecule has 6 nitrogen and oxygen atoms in total. The van der Waals surface area contributed by atoms with E-state index in [9.17, 15) is 13.2 Å². The van der Waals surface area contributed by atoms with Crippen molar-refractivity contribution >= 4 is 21.4 Å². The molecule has 2 bridgehead atoms. The number of ether oxygens (including phenoxy) is 1. The van der Waals surface area contributed by atoms with Crippen LogP contribution in [0.15, 0.2) is 24.3 Å². The maximum absolute atomic E-state index is 12.6. The number of carbonyl (C=O) groups excluding carboxylic acids is 1. The van der Waals surface area contributed by atoms with Gasteiger partial charge in [-0.15, -0.1) is 0 Å². The minimum atomic E-state index is -3.30. The van der Waals surface area contributed by atoms with E-state index >= 15 is 0 Å². The summed E-state index contributed by atoms with van der Waals surface area (Å²) < 4.78 is 29.6. The quantitative estimate of drug-likeness (QED) is 0.710. The highest BCUT2D eigenvalue weighted by Gasteiger charge is 2.37. The van der Waals surface area contributed by atoms with Gasteiger partial charge in [0, 0.05) is 31.4 Å². The maximum Gasteiger partial charge on any atom is 0.237 e. The maximum atomic E-state index is 12.6. The van der Waals surface area contributed by atoms with Crippen LogP contribution >= 0.6 is 0 Å². The van der Waals surface area contributed by atoms with Crippen LogP contribution in [0.2, 0.25) is 0 Å². The monoisotopic (exact) mass is 394 g/mol. The number of piperidine rings is 1. The van der Waals surface area contributed by atoms with Gasteiger partial charge in [-0.05, 0) is 56.4 Å². The van der Waals surface area contributed by atoms with Crippen LogP contribution in [0.4, 0.5) is 5.69 Å². The number of hydrogen-bond acceptors (Lipinski definition) is 5. The first-order valence-electron chi connectivity index (χ1n) is 9.89. The van der Waals surface area contributed by atoms with Gasteiger partial charge in [-0.1, -0.05) is 6.92 Å². The third-order valence-electron chi connectivity index (χ3n) is 5.40. The molecular weight excluding hydrogens is 364 g/mol. The second kappa shape index (κ2) is 8.50. The summed E-state index contributed by atoms with van der Waals surface area (Å²) >= 11 is 0. The number of fused-ring (bicyclic) bond motifs is 4. The van der Waals surface area contributed by atoms with E-state index in [0.717, 1.165) is 30.8 Å². The van der Waals surface area contributed by atoms with Crippen LogP contribution in [-0.2, 0) is 14.6 Å². The van der Waals surface area contributed by atoms with Crippen molar-refractivity contribution in [2.45, 2.75) is 39.2 Å². The Bertz CT molecular complexity index is 748. The van der Waals surface area contributed by atoms with Gasteiger partial charge in [0.05, 0.1) is 12.4 Å². The van der Waals surface area contributed by atoms with Crippen molar-refractivity contribution in [3.8, 4) is 5.75 Å². The van der Waals surface area contributed by atoms with Crippen molar-refractivity contribution in [1.29, 1.82) is 0 Å². The van der Waals surface area contributed by atoms with Crippen LogP contribution in [0.3, 0.4) is 0 Å². The third kappa shape index (κ3) is 4.94. The van der Waals surface area contributed by atoms with Crippen LogP contribution in [0, 0.1) is 5.92 Å². The van der Waals surface area contributed by atoms with Crippen LogP contribution in [0.1, 0.15) is 33.1 Å². The average molecular weight is 395 g/mol. The van der Waals surface area contributed by atoms with E-state index in [-0.39, 0.29) is 23.5 Å². The number of rotatable bonds is 7. The molecule has 2 atom stereocenters. The van der Waals surface area contributed by atoms with E-state index in [4.69, 9.17) is 4.74 Å². The highest BCUT2D eigenvalue weighted by molar-refractivity contribution is 7.92. The van der Waals surface area contributed by atoms with Gasteiger partial charge in [0.25, 0.3) is 0 Å². The summed E-state index contributed by atoms with van der Waals surface area (Å²) in [5.74, 6) is 0.724. The molecule has 7 heteroatoms. The van der Waals surface area contributed by atoms with Gasteiger partial charge >= 0.3 is 0 Å². The number of sulfone groups is 1. The molecule has 0 spiro atoms. The molecule has 4 rings (SSSR count). The van der Waals surface area contributed by atoms with Crippen molar-refractivity contribution in [3.05, 3.63) is 24.3 Å². The molecular formula is C20H30N2O4S. The van der Waals surface area contributed by atoms with E-state index in [1.54, 1.807) is 4.90 Å². The lowest BCUT2D eigenvalue weighted by molar-refractivity contribution is -0.128. The lowest BCUT2D eigenvalue weighted by Gasteiger charge is -2.38. The van der Waals surface area contributed by atoms with Crippen LogP contribution in [0.5, 0.6) is 5.75 Å². The Morgan fingerprint density at radius 3 is 2.52 bits per heavy atom. The van der Waals surface area contributed by atoms with Gasteiger partial charge in [0.15, 0.2) is 9.84 Å². The smallest absolute Gasteiger partial charge is 0.237 e. The zero-order valence-corrected chi connectivity index (χ0v) is 17.1. The molecule has 3 fully saturated rings. The fourth-order valence-electron chi connectivity index (χ4n) is 4.16. The summed E-state index contributed by atoms with van der Waals surface area (Å²) in [5, 5.41) is 0. The largest absolute Gasteiger partial charge is 0.494 e. The zero-order valence-electron chi connectivity index (χ0n) is 16.3. The second-order valence-electron chi connectivity index (χ2n) is 7.57. The van der Waals surface area contributed by atoms with E-state index in [0.29, 0.717) is 32.0 Å². The fourth-order valence-corrected chi connectivity index (χ4v) is 5.49. The van der Waals surface area contributed by atoms with Crippen LogP contribution in [-0.4, -0.2) is 63.0 Å². The van der Waals surface area contributed by atoms with Crippen molar-refractivity contribution in [2.75, 3.05) is 42.6 Å². The van der Waals surface area contributed by atoms with E-state index < -0.39 is 9.84 Å². The van der Waals surface area contributed by atoms with Gasteiger partial charge in [-0.25, -0.2) is 8.42 Å². The Morgan fingerprint density at radius 1 is 1.11 bits per heavy atom. The average Bonchev–Trinajstić information content (AvgIpc) is 2.94. The molecule has 0 N–H and O–H groups in total. The Morgan fingerprint density at radius 2 is 1.85 bits per heavy atom. The van der Waals surface area contributed by atoms with Crippen molar-refractivity contribution in [2.24, 2.45) is 5.92 Å². The van der Waals surface area contributed by atoms with E-state index in [2.05, 4.69) is 17.0 Å². The SMILES string of the molecule is CCCS(=O)(=O)CC(=O)N1C[C@H]2CC[C@@H](C1)N(c1ccc(OCC)cc1)C2. The molecule has 0 unspecified atom stereocenters. The van der Waals surface area contributed by atoms with Crippen molar-refractivity contribution < 1.29 is 17.9 Å². The van der Waals surface area contributed by atoms with Gasteiger partial charge in [0.1, 0.15) is 11.5 Å². The fraction of sp³-hybridized carbons (Fsp3) is 0.650. The van der Waals surface area contributed by atoms with E-state index in [1.807, 2.05) is 26.0 Å². The Hall–Kier alpha value is -1.76. The predicted octanol–water partition coefficient (Wildman–Crippen LogP) is 2.34. The summed E-state index contributed by atoms with van der Waals surface area (Å²) in [4.78, 5) is 16.8. The summed E-state index contributed by atoms with van der Waals surface area (Å²) in [6, 6.07) is 8.35. The predicted molar refractivity (Wildman–Crippen MR) is 107 cm³/mol. The minimum absolute atomic E-state index is 0.0811. The molecule has 1 amide bonds. The first-order valence-corrected chi connectivity index (χ1v) is 11.7. The number of carbonyl (C=O) groups is 1. The first kappa shape index (κ1) is 20.0. The molecule has 0 aliphatic carbocycles. The lowest BCUT2D eigenvalue weighted by atomic mass is 9.94. The number of anilines is 1. The summed E-state index contributed by atoms with van der Waals surface area (Å²) in [6.45, 7) is 6.60. The van der Waals surface area contributed by atoms with Crippen molar-refractivity contribution in [3.63, 3.8) is 0 Å². The molecule has 0 saturated carbocycles. The molecule has 0 aromatic heterocycles. The zero-order chi connectivity index (χ0) is 19.4. The first-order chi connectivity index (χ1) is 12.9. The normalized spacial score (nSPS) is 22.6. The Labute approximate surface area is 162 Å². The van der Waals surface area contributed by atoms with Gasteiger partial charge in [-0.3, -0.25) is 4.79 Å². The summed E-state index contributed by atoms with van der Waals surface area (Å²) in [6.07, 6.45) is 2.67. The number of nitrogens with zero attached hydrogens (tertiary/aromatic N) is 2. The molecule has 150 valence electrons. The van der Waals surface area contributed by atoms with Crippen LogP contribution < -0.4 is 9.64 Å². The molecule has 1 aromatic rings. The Balaban J connectivity index is 1.70. The molecule has 3 heterocycles. The molecule has 27 heavy (non-hydrogen) atoms. The third-order valence-corrected chi connectivity index (χ3v) is 7.12. The Kier molecular flexibility index (Phi) is 6.29. The van der Waals surface area contributed by atoms with E-state index in [1.165, 1.54) is 0 Å². The van der Waals surface area contributed by atoms with Crippen LogP contribution in [0.25, 0.3) is 0 Å². The minimum Gasteiger partial charge on any atom is -0.494 e. The summed E-state index contributed by atoms with van der Waals surface area (Å²) in [5.41, 5.74) is 1.14. The molecule has 3 saturated heterocycles. The van der Waals surface area contributed by atoms with Gasteiger partial charge < -0.3 is 14.5 Å². The molecule has 1 aromatic carbocycles. The summed E-state index contributed by atoms with van der Waals surface area (Å²) in [7, 11) is -3.30. The highest BCUT2D eigenvalue weighted by Crippen LogP contribution is 2.33. The molecule has 3 aliphatic rings. The van der Waals surface area contributed by atoms with Gasteiger partial charge in [0.2, 0.25) is 5.91 Å². The highest BCUT2D eigenvalue weighted by atomic mass is 32.2. The van der Waals surface area contributed by atoms with Gasteiger partial charge in [-0.2, -0.15) is 0 Å². The second-order valence-corrected chi connectivity index (χ2v) is 9.75. The molecule has 0 radical (unpaired) electrons. The number of amides is 1. The molecule has 3 aliphatic heterocycles. The standard InChI is InChI=1S/C20H30N2O4S/c1-3-11-27(24,25)15-20(23)21-12-16-5-6-18(14-21)22(13-16)17-7-9-19(10-8-17)26-4-2/h7-10,16,18H,3-6,11-15H2,1-2H3/t16-,18+/m1/s1. The number of benzene rings is 1. The lowest BCUT2D eigenvalue weighted by Crippen LogP contribution is -2.45. The van der Waals surface area contributed by atoms with Crippen molar-refractivity contribution in [1.82, 2.24) is 4.90 Å². The number of hydrogen-bond donors (Lipinski definition) is 0. The topological polar surface area (TPSA) is 66.9 Å².